The molecule has 0 atom stereocenters. The molecule has 68 valence electrons. The Hall–Kier alpha value is -1.62. The summed E-state index contributed by atoms with van der Waals surface area (Å²) in [6.45, 7) is 0.370. The molecule has 2 heterocycles. The Morgan fingerprint density at radius 3 is 3.08 bits per heavy atom. The molecule has 0 aliphatic carbocycles. The highest BCUT2D eigenvalue weighted by molar-refractivity contribution is 5.57. The number of hydrogen-bond acceptors (Lipinski definition) is 4. The van der Waals surface area contributed by atoms with Crippen LogP contribution in [0.2, 0.25) is 0 Å². The van der Waals surface area contributed by atoms with Gasteiger partial charge in [0.2, 0.25) is 0 Å². The summed E-state index contributed by atoms with van der Waals surface area (Å²) in [7, 11) is 1.88. The molecule has 0 spiro atoms. The zero-order valence-corrected chi connectivity index (χ0v) is 7.27. The predicted octanol–water partition coefficient (Wildman–Crippen LogP) is 0.534. The summed E-state index contributed by atoms with van der Waals surface area (Å²) in [5, 5.41) is 7.75. The van der Waals surface area contributed by atoms with Crippen molar-refractivity contribution in [2.45, 2.75) is 6.54 Å². The van der Waals surface area contributed by atoms with Crippen molar-refractivity contribution in [1.82, 2.24) is 14.8 Å². The fraction of sp³-hybridized carbons (Fsp3) is 0.250. The van der Waals surface area contributed by atoms with Crippen molar-refractivity contribution < 1.29 is 4.42 Å². The minimum atomic E-state index is 0.370. The molecular weight excluding hydrogens is 168 g/mol. The average molecular weight is 178 g/mol. The van der Waals surface area contributed by atoms with Crippen LogP contribution in [0.5, 0.6) is 0 Å². The third kappa shape index (κ3) is 1.23. The van der Waals surface area contributed by atoms with Crippen LogP contribution < -0.4 is 5.73 Å². The Bertz CT molecular complexity index is 404. The van der Waals surface area contributed by atoms with Gasteiger partial charge in [-0.25, -0.2) is 0 Å². The van der Waals surface area contributed by atoms with Gasteiger partial charge >= 0.3 is 0 Å². The molecule has 0 aliphatic heterocycles. The number of rotatable bonds is 2. The lowest BCUT2D eigenvalue weighted by Gasteiger charge is -1.98. The molecule has 0 amide bonds. The van der Waals surface area contributed by atoms with Crippen LogP contribution in [0.1, 0.15) is 5.76 Å². The van der Waals surface area contributed by atoms with Crippen LogP contribution in [-0.4, -0.2) is 14.8 Å². The average Bonchev–Trinajstić information content (AvgIpc) is 2.71. The van der Waals surface area contributed by atoms with E-state index in [1.807, 2.05) is 17.7 Å². The number of aromatic nitrogens is 3. The van der Waals surface area contributed by atoms with Gasteiger partial charge in [-0.15, -0.1) is 10.2 Å². The molecule has 2 aromatic heterocycles. The second kappa shape index (κ2) is 3.02. The quantitative estimate of drug-likeness (QED) is 0.728. The van der Waals surface area contributed by atoms with Crippen LogP contribution in [0.3, 0.4) is 0 Å². The van der Waals surface area contributed by atoms with Gasteiger partial charge in [-0.05, 0) is 6.07 Å². The summed E-state index contributed by atoms with van der Waals surface area (Å²) in [6, 6.07) is 1.84. The van der Waals surface area contributed by atoms with Crippen LogP contribution in [0.15, 0.2) is 23.1 Å². The van der Waals surface area contributed by atoms with Gasteiger partial charge in [0, 0.05) is 7.05 Å². The molecule has 2 aromatic rings. The highest BCUT2D eigenvalue weighted by Gasteiger charge is 2.11. The van der Waals surface area contributed by atoms with Gasteiger partial charge in [-0.3, -0.25) is 0 Å². The molecule has 0 aromatic carbocycles. The third-order valence-electron chi connectivity index (χ3n) is 1.88. The van der Waals surface area contributed by atoms with E-state index in [-0.39, 0.29) is 0 Å². The van der Waals surface area contributed by atoms with E-state index in [9.17, 15) is 0 Å². The molecule has 0 fully saturated rings. The topological polar surface area (TPSA) is 69.9 Å². The Morgan fingerprint density at radius 1 is 1.62 bits per heavy atom. The van der Waals surface area contributed by atoms with E-state index in [0.29, 0.717) is 6.54 Å². The third-order valence-corrected chi connectivity index (χ3v) is 1.88. The maximum atomic E-state index is 5.50. The molecule has 0 saturated carbocycles. The molecular formula is C8H10N4O. The molecule has 0 unspecified atom stereocenters. The van der Waals surface area contributed by atoms with Crippen molar-refractivity contribution in [3.8, 4) is 11.4 Å². The largest absolute Gasteiger partial charge is 0.467 e. The summed E-state index contributed by atoms with van der Waals surface area (Å²) >= 11 is 0. The highest BCUT2D eigenvalue weighted by Crippen LogP contribution is 2.21. The SMILES string of the molecule is Cn1cnnc1-c1ccoc1CN. The molecule has 5 nitrogen and oxygen atoms in total. The minimum Gasteiger partial charge on any atom is -0.467 e. The van der Waals surface area contributed by atoms with Gasteiger partial charge in [0.15, 0.2) is 5.82 Å². The van der Waals surface area contributed by atoms with Crippen LogP contribution >= 0.6 is 0 Å². The Kier molecular flexibility index (Phi) is 1.86. The van der Waals surface area contributed by atoms with E-state index in [1.54, 1.807) is 12.6 Å². The lowest BCUT2D eigenvalue weighted by atomic mass is 10.2. The molecule has 0 saturated heterocycles. The molecule has 0 aliphatic rings. The monoisotopic (exact) mass is 178 g/mol. The summed E-state index contributed by atoms with van der Waals surface area (Å²) < 4.78 is 7.01. The smallest absolute Gasteiger partial charge is 0.167 e. The maximum Gasteiger partial charge on any atom is 0.167 e. The van der Waals surface area contributed by atoms with E-state index in [0.717, 1.165) is 17.1 Å². The van der Waals surface area contributed by atoms with Crippen LogP contribution in [0, 0.1) is 0 Å². The van der Waals surface area contributed by atoms with Crippen molar-refractivity contribution >= 4 is 0 Å². The van der Waals surface area contributed by atoms with Crippen molar-refractivity contribution in [1.29, 1.82) is 0 Å². The van der Waals surface area contributed by atoms with Gasteiger partial charge in [0.05, 0.1) is 18.4 Å². The van der Waals surface area contributed by atoms with E-state index in [4.69, 9.17) is 10.2 Å². The number of aryl methyl sites for hydroxylation is 1. The minimum absolute atomic E-state index is 0.370. The van der Waals surface area contributed by atoms with Gasteiger partial charge in [0.1, 0.15) is 12.1 Å². The first kappa shape index (κ1) is 8.00. The molecule has 13 heavy (non-hydrogen) atoms. The molecule has 0 radical (unpaired) electrons. The highest BCUT2D eigenvalue weighted by atomic mass is 16.3. The number of nitrogens with zero attached hydrogens (tertiary/aromatic N) is 3. The van der Waals surface area contributed by atoms with Crippen LogP contribution in [0.4, 0.5) is 0 Å². The van der Waals surface area contributed by atoms with E-state index < -0.39 is 0 Å². The lowest BCUT2D eigenvalue weighted by molar-refractivity contribution is 0.513. The van der Waals surface area contributed by atoms with Crippen molar-refractivity contribution in [2.24, 2.45) is 12.8 Å². The predicted molar refractivity (Wildman–Crippen MR) is 46.6 cm³/mol. The summed E-state index contributed by atoms with van der Waals surface area (Å²) in [5.74, 6) is 1.50. The standard InChI is InChI=1S/C8H10N4O/c1-12-5-10-11-8(12)6-2-3-13-7(6)4-9/h2-3,5H,4,9H2,1H3. The van der Waals surface area contributed by atoms with Gasteiger partial charge < -0.3 is 14.7 Å². The zero-order chi connectivity index (χ0) is 9.26. The fourth-order valence-corrected chi connectivity index (χ4v) is 1.22. The first-order valence-corrected chi connectivity index (χ1v) is 3.93. The first-order valence-electron chi connectivity index (χ1n) is 3.93. The fourth-order valence-electron chi connectivity index (χ4n) is 1.22. The summed E-state index contributed by atoms with van der Waals surface area (Å²) in [6.07, 6.45) is 3.24. The van der Waals surface area contributed by atoms with E-state index >= 15 is 0 Å². The van der Waals surface area contributed by atoms with Crippen LogP contribution in [0.25, 0.3) is 11.4 Å². The number of furan rings is 1. The zero-order valence-electron chi connectivity index (χ0n) is 7.27. The first-order chi connectivity index (χ1) is 6.33. The van der Waals surface area contributed by atoms with Crippen molar-refractivity contribution in [2.75, 3.05) is 0 Å². The van der Waals surface area contributed by atoms with Gasteiger partial charge in [0.25, 0.3) is 0 Å². The lowest BCUT2D eigenvalue weighted by Crippen LogP contribution is -1.98. The Labute approximate surface area is 75.2 Å². The molecule has 5 heteroatoms. The molecule has 2 N–H and O–H groups in total. The van der Waals surface area contributed by atoms with Crippen molar-refractivity contribution in [3.05, 3.63) is 24.4 Å². The van der Waals surface area contributed by atoms with E-state index in [1.165, 1.54) is 0 Å². The van der Waals surface area contributed by atoms with E-state index in [2.05, 4.69) is 10.2 Å². The van der Waals surface area contributed by atoms with Gasteiger partial charge in [-0.1, -0.05) is 0 Å². The second-order valence-corrected chi connectivity index (χ2v) is 2.73. The van der Waals surface area contributed by atoms with Crippen molar-refractivity contribution in [3.63, 3.8) is 0 Å². The number of hydrogen-bond donors (Lipinski definition) is 1. The molecule has 2 rings (SSSR count). The summed E-state index contributed by atoms with van der Waals surface area (Å²) in [4.78, 5) is 0. The summed E-state index contributed by atoms with van der Waals surface area (Å²) in [5.41, 5.74) is 6.41. The van der Waals surface area contributed by atoms with Gasteiger partial charge in [-0.2, -0.15) is 0 Å². The molecule has 0 bridgehead atoms. The normalized spacial score (nSPS) is 10.6. The maximum absolute atomic E-state index is 5.50. The Balaban J connectivity index is 2.52. The van der Waals surface area contributed by atoms with Crippen LogP contribution in [-0.2, 0) is 13.6 Å². The number of nitrogens with two attached hydrogens (primary N) is 1. The second-order valence-electron chi connectivity index (χ2n) is 2.73. The Morgan fingerprint density at radius 2 is 2.46 bits per heavy atom.